The number of nitrogens with one attached hydrogen (secondary N) is 1. The van der Waals surface area contributed by atoms with Crippen LogP contribution in [0.4, 0.5) is 0 Å². The van der Waals surface area contributed by atoms with Crippen molar-refractivity contribution in [1.29, 1.82) is 0 Å². The summed E-state index contributed by atoms with van der Waals surface area (Å²) < 4.78 is 6.09. The first-order valence-electron chi connectivity index (χ1n) is 13.3. The van der Waals surface area contributed by atoms with Crippen LogP contribution in [-0.4, -0.2) is 67.7 Å². The molecule has 1 fully saturated rings. The van der Waals surface area contributed by atoms with Crippen LogP contribution in [0.5, 0.6) is 6.01 Å². The highest BCUT2D eigenvalue weighted by atomic mass is 35.5. The van der Waals surface area contributed by atoms with Gasteiger partial charge in [0.25, 0.3) is 6.01 Å². The summed E-state index contributed by atoms with van der Waals surface area (Å²) >= 11 is 6.59. The molecule has 1 aliphatic heterocycles. The van der Waals surface area contributed by atoms with Gasteiger partial charge in [-0.15, -0.1) is 0 Å². The maximum atomic E-state index is 12.6. The van der Waals surface area contributed by atoms with E-state index in [1.165, 1.54) is 0 Å². The minimum absolute atomic E-state index is 0.0473. The molecule has 1 unspecified atom stereocenters. The van der Waals surface area contributed by atoms with Crippen LogP contribution in [0, 0.1) is 11.3 Å². The van der Waals surface area contributed by atoms with Crippen LogP contribution in [0.25, 0.3) is 28.0 Å². The summed E-state index contributed by atoms with van der Waals surface area (Å²) in [5.74, 6) is -1.08. The van der Waals surface area contributed by atoms with Gasteiger partial charge < -0.3 is 24.8 Å². The molecule has 2 aromatic heterocycles. The van der Waals surface area contributed by atoms with Gasteiger partial charge in [0.2, 0.25) is 5.91 Å². The van der Waals surface area contributed by atoms with E-state index in [1.54, 1.807) is 24.8 Å². The van der Waals surface area contributed by atoms with Gasteiger partial charge in [0, 0.05) is 31.5 Å². The van der Waals surface area contributed by atoms with Crippen molar-refractivity contribution in [3.63, 3.8) is 0 Å². The number of aliphatic hydroxyl groups excluding tert-OH is 1. The maximum Gasteiger partial charge on any atom is 0.306 e. The van der Waals surface area contributed by atoms with Crippen LogP contribution in [0.1, 0.15) is 51.5 Å². The first-order valence-corrected chi connectivity index (χ1v) is 13.7. The Kier molecular flexibility index (Phi) is 7.64. The molecule has 10 heteroatoms. The third kappa shape index (κ3) is 5.79. The number of hydrogen-bond acceptors (Lipinski definition) is 6. The smallest absolute Gasteiger partial charge is 0.306 e. The zero-order valence-electron chi connectivity index (χ0n) is 22.1. The lowest BCUT2D eigenvalue weighted by Gasteiger charge is -2.36. The van der Waals surface area contributed by atoms with E-state index >= 15 is 0 Å². The topological polar surface area (TPSA) is 129 Å². The normalized spacial score (nSPS) is 18.7. The van der Waals surface area contributed by atoms with Crippen LogP contribution < -0.4 is 4.74 Å². The molecule has 9 nitrogen and oxygen atoms in total. The van der Waals surface area contributed by atoms with E-state index in [0.29, 0.717) is 66.7 Å². The third-order valence-electron chi connectivity index (χ3n) is 7.68. The van der Waals surface area contributed by atoms with E-state index in [2.05, 4.69) is 9.97 Å². The number of aliphatic carboxylic acids is 1. The Balaban J connectivity index is 1.25. The van der Waals surface area contributed by atoms with Gasteiger partial charge in [0.1, 0.15) is 6.10 Å². The van der Waals surface area contributed by atoms with Gasteiger partial charge in [0.15, 0.2) is 5.65 Å². The molecule has 3 N–H and O–H groups in total. The number of carbonyl (C=O) groups excluding carboxylic acids is 1. The molecule has 0 saturated carbocycles. The number of imidazole rings is 1. The van der Waals surface area contributed by atoms with E-state index in [9.17, 15) is 19.8 Å². The first-order chi connectivity index (χ1) is 18.6. The number of ether oxygens (including phenoxy) is 1. The zero-order valence-corrected chi connectivity index (χ0v) is 22.9. The van der Waals surface area contributed by atoms with Gasteiger partial charge >= 0.3 is 5.97 Å². The second-order valence-electron chi connectivity index (χ2n) is 11.0. The predicted molar refractivity (Wildman–Crippen MR) is 148 cm³/mol. The molecular formula is C29H33ClN4O5. The van der Waals surface area contributed by atoms with Gasteiger partial charge in [0.05, 0.1) is 34.2 Å². The summed E-state index contributed by atoms with van der Waals surface area (Å²) in [6.45, 7) is 4.44. The number of halogens is 1. The summed E-state index contributed by atoms with van der Waals surface area (Å²) in [7, 11) is 0. The summed E-state index contributed by atoms with van der Waals surface area (Å²) in [5.41, 5.74) is 4.11. The fraction of sp³-hybridized carbons (Fsp3) is 0.448. The van der Waals surface area contributed by atoms with Crippen molar-refractivity contribution in [2.24, 2.45) is 11.3 Å². The highest BCUT2D eigenvalue weighted by molar-refractivity contribution is 6.33. The molecular weight excluding hydrogens is 520 g/mol. The van der Waals surface area contributed by atoms with E-state index in [-0.39, 0.29) is 24.5 Å². The van der Waals surface area contributed by atoms with Crippen molar-refractivity contribution in [3.05, 3.63) is 47.0 Å². The summed E-state index contributed by atoms with van der Waals surface area (Å²) in [6, 6.07) is 10.1. The van der Waals surface area contributed by atoms with Crippen LogP contribution in [0.2, 0.25) is 5.02 Å². The number of aromatic amines is 1. The highest BCUT2D eigenvalue weighted by Crippen LogP contribution is 2.34. The number of fused-ring (bicyclic) bond motifs is 1. The van der Waals surface area contributed by atoms with Crippen LogP contribution in [-0.2, 0) is 9.59 Å². The second kappa shape index (κ2) is 11.0. The van der Waals surface area contributed by atoms with Crippen molar-refractivity contribution >= 4 is 40.2 Å². The number of pyridine rings is 1. The third-order valence-corrected chi connectivity index (χ3v) is 7.96. The molecule has 206 valence electrons. The number of carboxylic acids is 1. The number of allylic oxidation sites excluding steroid dienone is 2. The number of carbonyl (C=O) groups is 2. The van der Waals surface area contributed by atoms with Gasteiger partial charge in [-0.1, -0.05) is 41.9 Å². The molecule has 0 spiro atoms. The van der Waals surface area contributed by atoms with E-state index in [0.717, 1.165) is 23.1 Å². The fourth-order valence-electron chi connectivity index (χ4n) is 5.15. The average Bonchev–Trinajstić information content (AvgIpc) is 3.33. The molecule has 3 aromatic rings. The molecule has 3 heterocycles. The Morgan fingerprint density at radius 2 is 1.82 bits per heavy atom. The van der Waals surface area contributed by atoms with Crippen LogP contribution in [0.15, 0.2) is 36.4 Å². The number of rotatable bonds is 7. The highest BCUT2D eigenvalue weighted by Gasteiger charge is 2.34. The van der Waals surface area contributed by atoms with E-state index in [4.69, 9.17) is 21.3 Å². The standard InChI is InChI=1S/C29H33ClN4O5/c1-29(2,16-35)27(38)34-13-11-21(12-14-34)39-28-31-23-15-22(30)24(32-25(23)33-28)19-7-3-17(4-8-19)18-5-9-20(10-6-18)26(36)37/h3-5,7-8,15,20-21,35H,6,9-14,16H2,1-2H3,(H,36,37)(H,31,32,33). The predicted octanol–water partition coefficient (Wildman–Crippen LogP) is 4.93. The quantitative estimate of drug-likeness (QED) is 0.379. The Morgan fingerprint density at radius 1 is 1.13 bits per heavy atom. The number of likely N-dealkylation sites (tertiary alicyclic amines) is 1. The SMILES string of the molecule is CC(C)(CO)C(=O)N1CCC(Oc2nc3nc(-c4ccc(C5=CCC(C(=O)O)CC5)cc4)c(Cl)cc3[nH]2)CC1. The molecule has 0 bridgehead atoms. The number of piperidine rings is 1. The molecule has 1 saturated heterocycles. The number of aliphatic hydroxyl groups is 1. The van der Waals surface area contributed by atoms with Gasteiger partial charge in [-0.2, -0.15) is 4.98 Å². The van der Waals surface area contributed by atoms with Crippen molar-refractivity contribution < 1.29 is 24.5 Å². The first kappa shape index (κ1) is 27.1. The second-order valence-corrected chi connectivity index (χ2v) is 11.4. The number of aromatic nitrogens is 3. The Labute approximate surface area is 231 Å². The number of amides is 1. The van der Waals surface area contributed by atoms with E-state index in [1.807, 2.05) is 30.3 Å². The Morgan fingerprint density at radius 3 is 2.44 bits per heavy atom. The Hall–Kier alpha value is -3.43. The summed E-state index contributed by atoms with van der Waals surface area (Å²) in [6.07, 6.45) is 5.22. The number of H-pyrrole nitrogens is 1. The molecule has 5 rings (SSSR count). The van der Waals surface area contributed by atoms with Gasteiger partial charge in [-0.3, -0.25) is 9.59 Å². The summed E-state index contributed by atoms with van der Waals surface area (Å²) in [5, 5.41) is 19.2. The number of nitrogens with zero attached hydrogens (tertiary/aromatic N) is 3. The maximum absolute atomic E-state index is 12.6. The van der Waals surface area contributed by atoms with Gasteiger partial charge in [-0.25, -0.2) is 4.98 Å². The van der Waals surface area contributed by atoms with Gasteiger partial charge in [-0.05, 0) is 50.3 Å². The molecule has 0 radical (unpaired) electrons. The monoisotopic (exact) mass is 552 g/mol. The average molecular weight is 553 g/mol. The molecule has 2 aliphatic rings. The molecule has 1 atom stereocenters. The van der Waals surface area contributed by atoms with E-state index < -0.39 is 11.4 Å². The summed E-state index contributed by atoms with van der Waals surface area (Å²) in [4.78, 5) is 38.0. The number of carboxylic acid groups (broad SMARTS) is 1. The molecule has 1 amide bonds. The lowest BCUT2D eigenvalue weighted by Crippen LogP contribution is -2.48. The van der Waals surface area contributed by atoms with Crippen molar-refractivity contribution in [1.82, 2.24) is 19.9 Å². The molecule has 1 aromatic carbocycles. The lowest BCUT2D eigenvalue weighted by atomic mass is 9.86. The minimum Gasteiger partial charge on any atom is -0.481 e. The Bertz CT molecular complexity index is 1410. The van der Waals surface area contributed by atoms with Crippen molar-refractivity contribution in [2.45, 2.75) is 52.1 Å². The zero-order chi connectivity index (χ0) is 27.7. The van der Waals surface area contributed by atoms with Crippen LogP contribution in [0.3, 0.4) is 0 Å². The number of benzene rings is 1. The largest absolute Gasteiger partial charge is 0.481 e. The van der Waals surface area contributed by atoms with Crippen LogP contribution >= 0.6 is 11.6 Å². The molecule has 1 aliphatic carbocycles. The minimum atomic E-state index is -0.784. The molecule has 39 heavy (non-hydrogen) atoms. The fourth-order valence-corrected chi connectivity index (χ4v) is 5.41. The van der Waals surface area contributed by atoms with Crippen molar-refractivity contribution in [2.75, 3.05) is 19.7 Å². The van der Waals surface area contributed by atoms with Crippen molar-refractivity contribution in [3.8, 4) is 17.3 Å². The lowest BCUT2D eigenvalue weighted by molar-refractivity contribution is -0.144. The number of hydrogen-bond donors (Lipinski definition) is 3.